The highest BCUT2D eigenvalue weighted by Crippen LogP contribution is 2.20. The number of hydrogen-bond acceptors (Lipinski definition) is 4. The molecule has 0 aliphatic carbocycles. The fraction of sp³-hybridized carbons (Fsp3) is 0.0588. The molecule has 0 atom stereocenters. The summed E-state index contributed by atoms with van der Waals surface area (Å²) in [5.41, 5.74) is 1.94. The first-order chi connectivity index (χ1) is 11.3. The average Bonchev–Trinajstić information content (AvgIpc) is 3.21. The third-order valence-electron chi connectivity index (χ3n) is 3.03. The molecule has 0 fully saturated rings. The Morgan fingerprint density at radius 3 is 2.87 bits per heavy atom. The van der Waals surface area contributed by atoms with E-state index in [4.69, 9.17) is 4.42 Å². The number of furan rings is 1. The normalized spacial score (nSPS) is 12.1. The minimum atomic E-state index is 0.552. The fourth-order valence-electron chi connectivity index (χ4n) is 1.96. The smallest absolute Gasteiger partial charge is 0.206 e. The second-order valence-electron chi connectivity index (χ2n) is 4.59. The highest BCUT2D eigenvalue weighted by molar-refractivity contribution is 14.1. The van der Waals surface area contributed by atoms with E-state index in [1.165, 1.54) is 11.3 Å². The largest absolute Gasteiger partial charge is 0.463 e. The molecule has 2 heterocycles. The van der Waals surface area contributed by atoms with Gasteiger partial charge in [0.15, 0.2) is 5.76 Å². The Balaban J connectivity index is 2.07. The molecule has 2 aromatic heterocycles. The van der Waals surface area contributed by atoms with Crippen molar-refractivity contribution in [3.63, 3.8) is 0 Å². The lowest BCUT2D eigenvalue weighted by atomic mass is 10.2. The molecule has 0 amide bonds. The summed E-state index contributed by atoms with van der Waals surface area (Å²) in [6.07, 6.45) is 5.26. The van der Waals surface area contributed by atoms with Crippen molar-refractivity contribution in [2.75, 3.05) is 6.54 Å². The molecule has 6 heteroatoms. The number of benzene rings is 1. The van der Waals surface area contributed by atoms with Crippen LogP contribution < -0.4 is 4.80 Å². The summed E-state index contributed by atoms with van der Waals surface area (Å²) in [4.78, 5) is 5.30. The maximum absolute atomic E-state index is 5.50. The molecule has 0 saturated heterocycles. The van der Waals surface area contributed by atoms with Crippen LogP contribution in [-0.2, 0) is 0 Å². The van der Waals surface area contributed by atoms with Gasteiger partial charge in [0.1, 0.15) is 5.69 Å². The monoisotopic (exact) mass is 435 g/mol. The minimum Gasteiger partial charge on any atom is -0.463 e. The van der Waals surface area contributed by atoms with E-state index in [2.05, 4.69) is 45.3 Å². The van der Waals surface area contributed by atoms with Gasteiger partial charge in [0.2, 0.25) is 4.80 Å². The van der Waals surface area contributed by atoms with Crippen LogP contribution in [0.3, 0.4) is 0 Å². The predicted molar refractivity (Wildman–Crippen MR) is 103 cm³/mol. The Morgan fingerprint density at radius 1 is 1.26 bits per heavy atom. The van der Waals surface area contributed by atoms with E-state index in [0.29, 0.717) is 6.54 Å². The SMILES string of the molecule is C=CCN=c1scc(-c2ccco2)n1N=Cc1ccccc1I. The predicted octanol–water partition coefficient (Wildman–Crippen LogP) is 4.38. The van der Waals surface area contributed by atoms with Crippen LogP contribution in [0, 0.1) is 3.57 Å². The number of aromatic nitrogens is 1. The molecule has 4 nitrogen and oxygen atoms in total. The lowest BCUT2D eigenvalue weighted by molar-refractivity contribution is 0.575. The molecule has 0 spiro atoms. The maximum atomic E-state index is 5.50. The van der Waals surface area contributed by atoms with E-state index in [9.17, 15) is 0 Å². The van der Waals surface area contributed by atoms with Crippen LogP contribution in [0.2, 0.25) is 0 Å². The van der Waals surface area contributed by atoms with Gasteiger partial charge in [-0.2, -0.15) is 5.10 Å². The highest BCUT2D eigenvalue weighted by atomic mass is 127. The summed E-state index contributed by atoms with van der Waals surface area (Å²) in [6, 6.07) is 11.9. The molecule has 0 aliphatic rings. The third kappa shape index (κ3) is 3.70. The maximum Gasteiger partial charge on any atom is 0.206 e. The number of nitrogens with zero attached hydrogens (tertiary/aromatic N) is 3. The molecule has 0 N–H and O–H groups in total. The molecular formula is C17H14IN3OS. The van der Waals surface area contributed by atoms with Crippen molar-refractivity contribution in [3.05, 3.63) is 74.6 Å². The van der Waals surface area contributed by atoms with Crippen molar-refractivity contribution < 1.29 is 4.42 Å². The summed E-state index contributed by atoms with van der Waals surface area (Å²) in [5, 5.41) is 6.61. The summed E-state index contributed by atoms with van der Waals surface area (Å²) < 4.78 is 8.45. The van der Waals surface area contributed by atoms with Crippen molar-refractivity contribution in [2.45, 2.75) is 0 Å². The second kappa shape index (κ2) is 7.56. The van der Waals surface area contributed by atoms with Gasteiger partial charge < -0.3 is 4.42 Å². The molecule has 0 saturated carbocycles. The summed E-state index contributed by atoms with van der Waals surface area (Å²) in [7, 11) is 0. The van der Waals surface area contributed by atoms with Crippen LogP contribution in [0.25, 0.3) is 11.5 Å². The average molecular weight is 435 g/mol. The van der Waals surface area contributed by atoms with E-state index < -0.39 is 0 Å². The van der Waals surface area contributed by atoms with Crippen molar-refractivity contribution in [1.29, 1.82) is 0 Å². The second-order valence-corrected chi connectivity index (χ2v) is 6.59. The minimum absolute atomic E-state index is 0.552. The zero-order valence-corrected chi connectivity index (χ0v) is 15.2. The van der Waals surface area contributed by atoms with Gasteiger partial charge in [0.25, 0.3) is 0 Å². The van der Waals surface area contributed by atoms with Crippen LogP contribution in [0.4, 0.5) is 0 Å². The van der Waals surface area contributed by atoms with E-state index in [0.717, 1.165) is 25.4 Å². The molecule has 3 aromatic rings. The van der Waals surface area contributed by atoms with Gasteiger partial charge in [0, 0.05) is 14.5 Å². The Bertz CT molecular complexity index is 891. The van der Waals surface area contributed by atoms with Crippen molar-refractivity contribution in [2.24, 2.45) is 10.1 Å². The standard InChI is InChI=1S/C17H14IN3OS/c1-2-9-19-17-21(15(12-23-17)16-8-5-10-22-16)20-11-13-6-3-4-7-14(13)18/h2-8,10-12H,1,9H2. The molecule has 0 bridgehead atoms. The van der Waals surface area contributed by atoms with Crippen LogP contribution in [0.5, 0.6) is 0 Å². The van der Waals surface area contributed by atoms with Gasteiger partial charge >= 0.3 is 0 Å². The van der Waals surface area contributed by atoms with E-state index in [1.807, 2.05) is 41.9 Å². The number of thiazole rings is 1. The van der Waals surface area contributed by atoms with E-state index >= 15 is 0 Å². The van der Waals surface area contributed by atoms with Crippen LogP contribution in [0.15, 0.2) is 75.2 Å². The summed E-state index contributed by atoms with van der Waals surface area (Å²) in [5.74, 6) is 0.765. The first-order valence-corrected chi connectivity index (χ1v) is 8.90. The lowest BCUT2D eigenvalue weighted by Crippen LogP contribution is -2.12. The van der Waals surface area contributed by atoms with Gasteiger partial charge in [-0.15, -0.1) is 17.9 Å². The summed E-state index contributed by atoms with van der Waals surface area (Å²) >= 11 is 3.83. The number of halogens is 1. The Labute approximate surface area is 151 Å². The number of rotatable bonds is 5. The first kappa shape index (κ1) is 15.9. The molecule has 1 aromatic carbocycles. The molecule has 23 heavy (non-hydrogen) atoms. The van der Waals surface area contributed by atoms with Gasteiger partial charge in [-0.1, -0.05) is 24.3 Å². The quantitative estimate of drug-likeness (QED) is 0.333. The van der Waals surface area contributed by atoms with Gasteiger partial charge in [-0.25, -0.2) is 4.68 Å². The topological polar surface area (TPSA) is 42.8 Å². The lowest BCUT2D eigenvalue weighted by Gasteiger charge is -2.01. The third-order valence-corrected chi connectivity index (χ3v) is 4.87. The summed E-state index contributed by atoms with van der Waals surface area (Å²) in [6.45, 7) is 4.26. The molecule has 0 radical (unpaired) electrons. The first-order valence-electron chi connectivity index (χ1n) is 6.94. The Kier molecular flexibility index (Phi) is 5.24. The molecule has 0 unspecified atom stereocenters. The van der Waals surface area contributed by atoms with Crippen molar-refractivity contribution in [3.8, 4) is 11.5 Å². The van der Waals surface area contributed by atoms with Gasteiger partial charge in [-0.3, -0.25) is 4.99 Å². The number of hydrogen-bond donors (Lipinski definition) is 0. The van der Waals surface area contributed by atoms with Crippen molar-refractivity contribution >= 4 is 40.1 Å². The van der Waals surface area contributed by atoms with E-state index in [-0.39, 0.29) is 0 Å². The molecule has 116 valence electrons. The zero-order chi connectivity index (χ0) is 16.1. The molecular weight excluding hydrogens is 421 g/mol. The van der Waals surface area contributed by atoms with Crippen LogP contribution in [-0.4, -0.2) is 17.4 Å². The molecule has 3 rings (SSSR count). The van der Waals surface area contributed by atoms with E-state index in [1.54, 1.807) is 17.0 Å². The Hall–Kier alpha value is -1.93. The van der Waals surface area contributed by atoms with Gasteiger partial charge in [0.05, 0.1) is 19.0 Å². The highest BCUT2D eigenvalue weighted by Gasteiger charge is 2.09. The fourth-order valence-corrected chi connectivity index (χ4v) is 3.31. The zero-order valence-electron chi connectivity index (χ0n) is 12.2. The van der Waals surface area contributed by atoms with Gasteiger partial charge in [-0.05, 0) is 40.8 Å². The van der Waals surface area contributed by atoms with Crippen LogP contribution in [0.1, 0.15) is 5.56 Å². The Morgan fingerprint density at radius 2 is 2.13 bits per heavy atom. The van der Waals surface area contributed by atoms with Crippen LogP contribution >= 0.6 is 33.9 Å². The molecule has 0 aliphatic heterocycles. The van der Waals surface area contributed by atoms with Crippen molar-refractivity contribution in [1.82, 2.24) is 4.68 Å².